The van der Waals surface area contributed by atoms with Crippen LogP contribution in [-0.4, -0.2) is 19.6 Å². The summed E-state index contributed by atoms with van der Waals surface area (Å²) >= 11 is 7.55. The highest BCUT2D eigenvalue weighted by molar-refractivity contribution is 7.12. The summed E-state index contributed by atoms with van der Waals surface area (Å²) < 4.78 is 5.43. The Morgan fingerprint density at radius 1 is 1.40 bits per heavy atom. The number of hydrogen-bond donors (Lipinski definition) is 1. The molecule has 1 aromatic carbocycles. The molecule has 0 aliphatic heterocycles. The predicted octanol–water partition coefficient (Wildman–Crippen LogP) is 3.83. The molecule has 2 rings (SSSR count). The molecule has 1 heterocycles. The molecule has 1 N–H and O–H groups in total. The minimum atomic E-state index is -0.150. The molecule has 0 fully saturated rings. The van der Waals surface area contributed by atoms with E-state index in [4.69, 9.17) is 16.3 Å². The van der Waals surface area contributed by atoms with Crippen molar-refractivity contribution >= 4 is 28.8 Å². The molecule has 0 radical (unpaired) electrons. The normalized spacial score (nSPS) is 12.2. The molecular formula is C15H16ClNO2S. The van der Waals surface area contributed by atoms with Crippen molar-refractivity contribution in [1.29, 1.82) is 0 Å². The van der Waals surface area contributed by atoms with Crippen LogP contribution in [-0.2, 0) is 4.74 Å². The van der Waals surface area contributed by atoms with Gasteiger partial charge in [-0.15, -0.1) is 11.3 Å². The summed E-state index contributed by atoms with van der Waals surface area (Å²) in [5, 5.41) is 3.42. The van der Waals surface area contributed by atoms with E-state index in [1.54, 1.807) is 42.7 Å². The van der Waals surface area contributed by atoms with Crippen molar-refractivity contribution in [3.05, 3.63) is 56.7 Å². The van der Waals surface area contributed by atoms with E-state index in [0.717, 1.165) is 4.88 Å². The van der Waals surface area contributed by atoms with Crippen molar-refractivity contribution in [2.24, 2.45) is 0 Å². The molecule has 0 spiro atoms. The minimum absolute atomic E-state index is 0.128. The van der Waals surface area contributed by atoms with Gasteiger partial charge in [-0.2, -0.15) is 0 Å². The van der Waals surface area contributed by atoms with E-state index in [-0.39, 0.29) is 12.0 Å². The molecule has 3 nitrogen and oxygen atoms in total. The predicted molar refractivity (Wildman–Crippen MR) is 82.6 cm³/mol. The smallest absolute Gasteiger partial charge is 0.251 e. The van der Waals surface area contributed by atoms with Crippen LogP contribution in [0.15, 0.2) is 36.4 Å². The van der Waals surface area contributed by atoms with Gasteiger partial charge in [0.2, 0.25) is 0 Å². The Morgan fingerprint density at radius 2 is 2.20 bits per heavy atom. The topological polar surface area (TPSA) is 38.3 Å². The number of amides is 1. The first-order chi connectivity index (χ1) is 9.60. The average Bonchev–Trinajstić information content (AvgIpc) is 2.86. The van der Waals surface area contributed by atoms with Crippen LogP contribution in [0.4, 0.5) is 0 Å². The first-order valence-corrected chi connectivity index (χ1v) is 7.42. The number of aryl methyl sites for hydroxylation is 1. The van der Waals surface area contributed by atoms with Gasteiger partial charge in [-0.1, -0.05) is 17.7 Å². The Kier molecular flexibility index (Phi) is 5.17. The Labute approximate surface area is 127 Å². The van der Waals surface area contributed by atoms with Gasteiger partial charge in [-0.3, -0.25) is 4.79 Å². The molecule has 106 valence electrons. The van der Waals surface area contributed by atoms with Crippen molar-refractivity contribution < 1.29 is 9.53 Å². The highest BCUT2D eigenvalue weighted by Crippen LogP contribution is 2.24. The molecule has 0 aliphatic carbocycles. The Balaban J connectivity index is 1.98. The van der Waals surface area contributed by atoms with Crippen molar-refractivity contribution in [2.45, 2.75) is 13.0 Å². The molecule has 0 saturated heterocycles. The van der Waals surface area contributed by atoms with E-state index < -0.39 is 0 Å². The van der Waals surface area contributed by atoms with Crippen LogP contribution in [0.1, 0.15) is 26.2 Å². The number of ether oxygens (including phenoxy) is 1. The first-order valence-electron chi connectivity index (χ1n) is 6.23. The van der Waals surface area contributed by atoms with E-state index >= 15 is 0 Å². The fraction of sp³-hybridized carbons (Fsp3) is 0.267. The molecule has 5 heteroatoms. The van der Waals surface area contributed by atoms with Gasteiger partial charge in [0.1, 0.15) is 6.10 Å². The van der Waals surface area contributed by atoms with Crippen molar-refractivity contribution in [1.82, 2.24) is 5.32 Å². The summed E-state index contributed by atoms with van der Waals surface area (Å²) in [6.07, 6.45) is -0.128. The molecule has 1 aromatic heterocycles. The summed E-state index contributed by atoms with van der Waals surface area (Å²) in [6.45, 7) is 2.48. The van der Waals surface area contributed by atoms with E-state index in [9.17, 15) is 4.79 Å². The quantitative estimate of drug-likeness (QED) is 0.911. The molecule has 0 saturated carbocycles. The van der Waals surface area contributed by atoms with Crippen LogP contribution < -0.4 is 5.32 Å². The first kappa shape index (κ1) is 15.0. The Bertz CT molecular complexity index is 597. The lowest BCUT2D eigenvalue weighted by Gasteiger charge is -2.14. The lowest BCUT2D eigenvalue weighted by atomic mass is 10.2. The third-order valence-electron chi connectivity index (χ3n) is 2.90. The number of rotatable bonds is 5. The highest BCUT2D eigenvalue weighted by atomic mass is 35.5. The van der Waals surface area contributed by atoms with Gasteiger partial charge >= 0.3 is 0 Å². The summed E-state index contributed by atoms with van der Waals surface area (Å²) in [7, 11) is 1.64. The van der Waals surface area contributed by atoms with Gasteiger partial charge in [0, 0.05) is 34.0 Å². The van der Waals surface area contributed by atoms with E-state index in [1.165, 1.54) is 4.88 Å². The molecule has 2 aromatic rings. The zero-order valence-electron chi connectivity index (χ0n) is 11.4. The third-order valence-corrected chi connectivity index (χ3v) is 4.23. The fourth-order valence-electron chi connectivity index (χ4n) is 1.84. The third kappa shape index (κ3) is 3.82. The van der Waals surface area contributed by atoms with Gasteiger partial charge in [-0.25, -0.2) is 0 Å². The maximum absolute atomic E-state index is 12.0. The second-order valence-corrected chi connectivity index (χ2v) is 6.15. The summed E-state index contributed by atoms with van der Waals surface area (Å²) in [5.41, 5.74) is 0.551. The minimum Gasteiger partial charge on any atom is -0.374 e. The van der Waals surface area contributed by atoms with E-state index in [0.29, 0.717) is 17.1 Å². The maximum atomic E-state index is 12.0. The largest absolute Gasteiger partial charge is 0.374 e. The lowest BCUT2D eigenvalue weighted by Crippen LogP contribution is -2.28. The maximum Gasteiger partial charge on any atom is 0.251 e. The lowest BCUT2D eigenvalue weighted by molar-refractivity contribution is 0.0837. The summed E-state index contributed by atoms with van der Waals surface area (Å²) in [5.74, 6) is -0.150. The van der Waals surface area contributed by atoms with Gasteiger partial charge in [0.05, 0.1) is 0 Å². The Hall–Kier alpha value is -1.36. The standard InChI is InChI=1S/C15H16ClNO2S/c1-10-6-7-14(20-10)13(19-2)9-17-15(18)11-4-3-5-12(16)8-11/h3-8,13H,9H2,1-2H3,(H,17,18). The number of halogens is 1. The molecule has 1 atom stereocenters. The van der Waals surface area contributed by atoms with Crippen LogP contribution in [0, 0.1) is 6.92 Å². The van der Waals surface area contributed by atoms with E-state index in [2.05, 4.69) is 5.32 Å². The van der Waals surface area contributed by atoms with Crippen LogP contribution in [0.2, 0.25) is 5.02 Å². The Morgan fingerprint density at radius 3 is 2.80 bits per heavy atom. The fourth-order valence-corrected chi connectivity index (χ4v) is 2.99. The monoisotopic (exact) mass is 309 g/mol. The average molecular weight is 310 g/mol. The zero-order chi connectivity index (χ0) is 14.5. The molecular weight excluding hydrogens is 294 g/mol. The molecule has 0 bridgehead atoms. The number of carbonyl (C=O) groups excluding carboxylic acids is 1. The van der Waals surface area contributed by atoms with Gasteiger partial charge in [-0.05, 0) is 37.3 Å². The van der Waals surface area contributed by atoms with Gasteiger partial charge in [0.25, 0.3) is 5.91 Å². The summed E-state index contributed by atoms with van der Waals surface area (Å²) in [4.78, 5) is 14.4. The van der Waals surface area contributed by atoms with Crippen LogP contribution in [0.5, 0.6) is 0 Å². The number of carbonyl (C=O) groups is 1. The highest BCUT2D eigenvalue weighted by Gasteiger charge is 2.14. The summed E-state index contributed by atoms with van der Waals surface area (Å²) in [6, 6.07) is 11.0. The molecule has 1 amide bonds. The van der Waals surface area contributed by atoms with Crippen molar-refractivity contribution in [3.8, 4) is 0 Å². The van der Waals surface area contributed by atoms with Crippen LogP contribution in [0.3, 0.4) is 0 Å². The van der Waals surface area contributed by atoms with Gasteiger partial charge < -0.3 is 10.1 Å². The number of methoxy groups -OCH3 is 1. The van der Waals surface area contributed by atoms with Crippen molar-refractivity contribution in [2.75, 3.05) is 13.7 Å². The van der Waals surface area contributed by atoms with Gasteiger partial charge in [0.15, 0.2) is 0 Å². The number of thiophene rings is 1. The van der Waals surface area contributed by atoms with E-state index in [1.807, 2.05) is 19.1 Å². The molecule has 0 aliphatic rings. The number of nitrogens with one attached hydrogen (secondary N) is 1. The number of hydrogen-bond acceptors (Lipinski definition) is 3. The SMILES string of the molecule is COC(CNC(=O)c1cccc(Cl)c1)c1ccc(C)s1. The van der Waals surface area contributed by atoms with Crippen molar-refractivity contribution in [3.63, 3.8) is 0 Å². The molecule has 1 unspecified atom stereocenters. The zero-order valence-corrected chi connectivity index (χ0v) is 12.9. The van der Waals surface area contributed by atoms with Crippen LogP contribution >= 0.6 is 22.9 Å². The second kappa shape index (κ2) is 6.88. The van der Waals surface area contributed by atoms with Crippen LogP contribution in [0.25, 0.3) is 0 Å². The second-order valence-electron chi connectivity index (χ2n) is 4.39. The number of benzene rings is 1. The molecule has 20 heavy (non-hydrogen) atoms.